The van der Waals surface area contributed by atoms with Crippen LogP contribution in [0.25, 0.3) is 5.69 Å². The van der Waals surface area contributed by atoms with Crippen molar-refractivity contribution in [2.75, 3.05) is 17.2 Å². The number of nitrogens with zero attached hydrogens (tertiary/aromatic N) is 4. The quantitative estimate of drug-likeness (QED) is 0.350. The third-order valence-electron chi connectivity index (χ3n) is 4.87. The largest absolute Gasteiger partial charge is 0.369 e. The molecule has 0 aliphatic rings. The molecule has 0 aliphatic carbocycles. The molecule has 0 spiro atoms. The SMILES string of the molecule is CCOC(C)C(=O)Nc1nnc(SC(C)C(=O)Nc2c(C)n(C)n(-c3ccccc3)c2=O)s1. The van der Waals surface area contributed by atoms with Gasteiger partial charge in [0.05, 0.1) is 16.6 Å². The average molecular weight is 491 g/mol. The van der Waals surface area contributed by atoms with E-state index >= 15 is 0 Å². The van der Waals surface area contributed by atoms with E-state index in [1.807, 2.05) is 37.3 Å². The lowest BCUT2D eigenvalue weighted by Crippen LogP contribution is -2.27. The Morgan fingerprint density at radius 3 is 2.52 bits per heavy atom. The highest BCUT2D eigenvalue weighted by Crippen LogP contribution is 2.29. The highest BCUT2D eigenvalue weighted by atomic mass is 32.2. The fourth-order valence-electron chi connectivity index (χ4n) is 2.98. The maximum atomic E-state index is 13.0. The van der Waals surface area contributed by atoms with E-state index in [4.69, 9.17) is 4.74 Å². The van der Waals surface area contributed by atoms with Crippen molar-refractivity contribution in [3.8, 4) is 5.69 Å². The second kappa shape index (κ2) is 10.8. The molecule has 2 N–H and O–H groups in total. The van der Waals surface area contributed by atoms with Crippen molar-refractivity contribution >= 4 is 45.7 Å². The molecule has 0 bridgehead atoms. The molecule has 10 nitrogen and oxygen atoms in total. The van der Waals surface area contributed by atoms with Crippen LogP contribution in [0.4, 0.5) is 10.8 Å². The summed E-state index contributed by atoms with van der Waals surface area (Å²) in [5.41, 5.74) is 1.27. The van der Waals surface area contributed by atoms with Crippen molar-refractivity contribution in [2.24, 2.45) is 7.05 Å². The van der Waals surface area contributed by atoms with Gasteiger partial charge >= 0.3 is 0 Å². The second-order valence-corrected chi connectivity index (χ2v) is 9.71. The Kier molecular flexibility index (Phi) is 8.06. The van der Waals surface area contributed by atoms with Crippen molar-refractivity contribution in [2.45, 2.75) is 43.4 Å². The number of aromatic nitrogens is 4. The summed E-state index contributed by atoms with van der Waals surface area (Å²) >= 11 is 2.35. The minimum absolute atomic E-state index is 0.230. The number of carbonyl (C=O) groups excluding carboxylic acids is 2. The smallest absolute Gasteiger partial charge is 0.295 e. The summed E-state index contributed by atoms with van der Waals surface area (Å²) in [4.78, 5) is 37.8. The summed E-state index contributed by atoms with van der Waals surface area (Å²) in [6, 6.07) is 9.21. The number of rotatable bonds is 9. The van der Waals surface area contributed by atoms with Crippen LogP contribution >= 0.6 is 23.1 Å². The first-order valence-electron chi connectivity index (χ1n) is 10.3. The van der Waals surface area contributed by atoms with Gasteiger partial charge in [-0.05, 0) is 39.8 Å². The number of nitrogens with one attached hydrogen (secondary N) is 2. The zero-order chi connectivity index (χ0) is 24.1. The fourth-order valence-corrected chi connectivity index (χ4v) is 4.88. The van der Waals surface area contributed by atoms with Crippen molar-refractivity contribution in [3.63, 3.8) is 0 Å². The first-order chi connectivity index (χ1) is 15.7. The standard InChI is InChI=1S/C21H26N6O4S2/c1-6-31-13(3)17(28)23-20-24-25-21(33-20)32-14(4)18(29)22-16-12(2)26(5)27(19(16)30)15-10-8-7-9-11-15/h7-11,13-14H,6H2,1-5H3,(H,22,29)(H,23,24,28). The number of anilines is 2. The minimum Gasteiger partial charge on any atom is -0.369 e. The summed E-state index contributed by atoms with van der Waals surface area (Å²) in [6.45, 7) is 7.38. The van der Waals surface area contributed by atoms with E-state index in [2.05, 4.69) is 20.8 Å². The predicted molar refractivity (Wildman–Crippen MR) is 129 cm³/mol. The summed E-state index contributed by atoms with van der Waals surface area (Å²) in [6.07, 6.45) is -0.603. The average Bonchev–Trinajstić information content (AvgIpc) is 3.31. The molecule has 0 saturated heterocycles. The van der Waals surface area contributed by atoms with Gasteiger partial charge in [-0.3, -0.25) is 24.4 Å². The highest BCUT2D eigenvalue weighted by molar-refractivity contribution is 8.02. The monoisotopic (exact) mass is 490 g/mol. The van der Waals surface area contributed by atoms with Gasteiger partial charge in [0.2, 0.25) is 11.0 Å². The van der Waals surface area contributed by atoms with Gasteiger partial charge in [-0.25, -0.2) is 4.68 Å². The van der Waals surface area contributed by atoms with E-state index in [0.29, 0.717) is 27.5 Å². The molecule has 2 heterocycles. The Bertz CT molecular complexity index is 1190. The van der Waals surface area contributed by atoms with E-state index in [1.54, 1.807) is 32.5 Å². The lowest BCUT2D eigenvalue weighted by atomic mass is 10.3. The van der Waals surface area contributed by atoms with Crippen LogP contribution in [0.3, 0.4) is 0 Å². The van der Waals surface area contributed by atoms with Crippen LogP contribution in [0.5, 0.6) is 0 Å². The summed E-state index contributed by atoms with van der Waals surface area (Å²) in [5, 5.41) is 13.1. The van der Waals surface area contributed by atoms with Gasteiger partial charge < -0.3 is 10.1 Å². The number of ether oxygens (including phenoxy) is 1. The first-order valence-corrected chi connectivity index (χ1v) is 12.0. The first kappa shape index (κ1) is 24.7. The Morgan fingerprint density at radius 1 is 1.15 bits per heavy atom. The van der Waals surface area contributed by atoms with Crippen molar-refractivity contribution < 1.29 is 14.3 Å². The molecular weight excluding hydrogens is 464 g/mol. The molecular formula is C21H26N6O4S2. The molecule has 0 radical (unpaired) electrons. The van der Waals surface area contributed by atoms with E-state index in [0.717, 1.165) is 11.3 Å². The lowest BCUT2D eigenvalue weighted by molar-refractivity contribution is -0.126. The Morgan fingerprint density at radius 2 is 1.85 bits per heavy atom. The second-order valence-electron chi connectivity index (χ2n) is 7.15. The van der Waals surface area contributed by atoms with Gasteiger partial charge in [0.1, 0.15) is 11.8 Å². The van der Waals surface area contributed by atoms with Crippen LogP contribution in [-0.2, 0) is 21.4 Å². The molecule has 0 aliphatic heterocycles. The Balaban J connectivity index is 1.67. The number of carbonyl (C=O) groups is 2. The molecule has 176 valence electrons. The zero-order valence-electron chi connectivity index (χ0n) is 19.0. The molecule has 3 rings (SSSR count). The van der Waals surface area contributed by atoms with Gasteiger partial charge in [0.15, 0.2) is 4.34 Å². The molecule has 3 aromatic rings. The predicted octanol–water partition coefficient (Wildman–Crippen LogP) is 2.82. The number of para-hydroxylation sites is 1. The number of thioether (sulfide) groups is 1. The van der Waals surface area contributed by atoms with Gasteiger partial charge in [-0.2, -0.15) is 0 Å². The van der Waals surface area contributed by atoms with E-state index in [1.165, 1.54) is 16.4 Å². The maximum absolute atomic E-state index is 13.0. The molecule has 0 saturated carbocycles. The third kappa shape index (κ3) is 5.70. The van der Waals surface area contributed by atoms with Crippen LogP contribution in [0.15, 0.2) is 39.5 Å². The minimum atomic E-state index is -0.603. The van der Waals surface area contributed by atoms with Crippen LogP contribution in [0.2, 0.25) is 0 Å². The lowest BCUT2D eigenvalue weighted by Gasteiger charge is -2.10. The van der Waals surface area contributed by atoms with Gasteiger partial charge in [-0.15, -0.1) is 10.2 Å². The number of benzene rings is 1. The van der Waals surface area contributed by atoms with E-state index in [9.17, 15) is 14.4 Å². The third-order valence-corrected chi connectivity index (χ3v) is 6.89. The number of hydrogen-bond acceptors (Lipinski definition) is 8. The summed E-state index contributed by atoms with van der Waals surface area (Å²) in [7, 11) is 1.76. The van der Waals surface area contributed by atoms with Gasteiger partial charge in [0, 0.05) is 13.7 Å². The molecule has 2 atom stereocenters. The molecule has 33 heavy (non-hydrogen) atoms. The molecule has 12 heteroatoms. The van der Waals surface area contributed by atoms with Crippen molar-refractivity contribution in [3.05, 3.63) is 46.4 Å². The number of hydrogen-bond donors (Lipinski definition) is 2. The topological polar surface area (TPSA) is 120 Å². The normalized spacial score (nSPS) is 12.9. The summed E-state index contributed by atoms with van der Waals surface area (Å²) < 4.78 is 8.98. The highest BCUT2D eigenvalue weighted by Gasteiger charge is 2.23. The van der Waals surface area contributed by atoms with Crippen molar-refractivity contribution in [1.29, 1.82) is 0 Å². The molecule has 2 amide bonds. The molecule has 2 unspecified atom stereocenters. The zero-order valence-corrected chi connectivity index (χ0v) is 20.6. The maximum Gasteiger partial charge on any atom is 0.295 e. The summed E-state index contributed by atoms with van der Waals surface area (Å²) in [5.74, 6) is -0.652. The van der Waals surface area contributed by atoms with E-state index in [-0.39, 0.29) is 23.1 Å². The van der Waals surface area contributed by atoms with Gasteiger partial charge in [0.25, 0.3) is 11.5 Å². The van der Waals surface area contributed by atoms with Crippen molar-refractivity contribution in [1.82, 2.24) is 19.6 Å². The van der Waals surface area contributed by atoms with Crippen LogP contribution in [-0.4, -0.2) is 49.3 Å². The Labute approximate surface area is 199 Å². The van der Waals surface area contributed by atoms with Crippen LogP contribution < -0.4 is 16.2 Å². The molecule has 1 aromatic carbocycles. The Hall–Kier alpha value is -2.96. The van der Waals surface area contributed by atoms with Crippen LogP contribution in [0.1, 0.15) is 26.5 Å². The number of amides is 2. The fraction of sp³-hybridized carbons (Fsp3) is 0.381. The van der Waals surface area contributed by atoms with Crippen LogP contribution in [0, 0.1) is 6.92 Å². The molecule has 2 aromatic heterocycles. The van der Waals surface area contributed by atoms with E-state index < -0.39 is 11.4 Å². The van der Waals surface area contributed by atoms with Gasteiger partial charge in [-0.1, -0.05) is 41.3 Å². The molecule has 0 fully saturated rings.